The first-order valence-electron chi connectivity index (χ1n) is 9.99. The number of likely N-dealkylation sites (tertiary alicyclic amines) is 1. The zero-order chi connectivity index (χ0) is 18.3. The molecule has 2 unspecified atom stereocenters. The Morgan fingerprint density at radius 1 is 1.12 bits per heavy atom. The zero-order valence-electron chi connectivity index (χ0n) is 15.8. The summed E-state index contributed by atoms with van der Waals surface area (Å²) >= 11 is 1.78. The van der Waals surface area contributed by atoms with Crippen LogP contribution < -0.4 is 0 Å². The van der Waals surface area contributed by atoms with E-state index in [4.69, 9.17) is 9.47 Å². The molecule has 0 bridgehead atoms. The summed E-state index contributed by atoms with van der Waals surface area (Å²) in [7, 11) is 0. The van der Waals surface area contributed by atoms with E-state index in [1.165, 1.54) is 0 Å². The van der Waals surface area contributed by atoms with E-state index in [0.29, 0.717) is 32.2 Å². The van der Waals surface area contributed by atoms with Gasteiger partial charge in [-0.1, -0.05) is 13.8 Å². The highest BCUT2D eigenvalue weighted by molar-refractivity contribution is 8.00. The van der Waals surface area contributed by atoms with Gasteiger partial charge in [0.2, 0.25) is 11.8 Å². The fourth-order valence-electron chi connectivity index (χ4n) is 4.24. The molecule has 26 heavy (non-hydrogen) atoms. The Labute approximate surface area is 159 Å². The summed E-state index contributed by atoms with van der Waals surface area (Å²) in [6, 6.07) is -0.295. The van der Waals surface area contributed by atoms with Crippen molar-refractivity contribution in [3.8, 4) is 0 Å². The third-order valence-electron chi connectivity index (χ3n) is 5.88. The van der Waals surface area contributed by atoms with Crippen molar-refractivity contribution in [2.75, 3.05) is 32.1 Å². The van der Waals surface area contributed by atoms with Gasteiger partial charge in [0.25, 0.3) is 0 Å². The third-order valence-corrected chi connectivity index (χ3v) is 7.19. The molecule has 3 aliphatic heterocycles. The van der Waals surface area contributed by atoms with Crippen LogP contribution in [0.15, 0.2) is 0 Å². The van der Waals surface area contributed by atoms with E-state index >= 15 is 0 Å². The number of ether oxygens (including phenoxy) is 2. The van der Waals surface area contributed by atoms with Crippen LogP contribution in [-0.2, 0) is 19.1 Å². The van der Waals surface area contributed by atoms with Crippen molar-refractivity contribution in [2.24, 2.45) is 11.8 Å². The summed E-state index contributed by atoms with van der Waals surface area (Å²) in [6.07, 6.45) is 4.37. The molecule has 146 valence electrons. The van der Waals surface area contributed by atoms with Gasteiger partial charge in [-0.05, 0) is 25.2 Å². The molecule has 2 atom stereocenters. The van der Waals surface area contributed by atoms with Crippen molar-refractivity contribution in [3.05, 3.63) is 0 Å². The molecule has 0 aromatic carbocycles. The van der Waals surface area contributed by atoms with E-state index in [1.807, 2.05) is 9.80 Å². The molecule has 3 saturated heterocycles. The Morgan fingerprint density at radius 2 is 1.77 bits per heavy atom. The minimum absolute atomic E-state index is 0.116. The number of nitrogens with zero attached hydrogens (tertiary/aromatic N) is 2. The number of carbonyl (C=O) groups is 2. The van der Waals surface area contributed by atoms with Crippen molar-refractivity contribution >= 4 is 23.6 Å². The molecule has 2 amide bonds. The highest BCUT2D eigenvalue weighted by Gasteiger charge is 2.48. The summed E-state index contributed by atoms with van der Waals surface area (Å²) in [5, 5.41) is 0.148. The van der Waals surface area contributed by atoms with Gasteiger partial charge in [0, 0.05) is 37.6 Å². The van der Waals surface area contributed by atoms with Crippen LogP contribution in [0.3, 0.4) is 0 Å². The SMILES string of the molecule is CC(C)CC1SCC(C(=O)N2CCC3(CC2)OCCO3)N1C(=O)C1CC1. The minimum atomic E-state index is -0.467. The van der Waals surface area contributed by atoms with Gasteiger partial charge >= 0.3 is 0 Å². The minimum Gasteiger partial charge on any atom is -0.347 e. The van der Waals surface area contributed by atoms with Crippen LogP contribution in [0.2, 0.25) is 0 Å². The lowest BCUT2D eigenvalue weighted by atomic mass is 10.0. The van der Waals surface area contributed by atoms with Crippen LogP contribution in [0.25, 0.3) is 0 Å². The lowest BCUT2D eigenvalue weighted by Crippen LogP contribution is -2.55. The van der Waals surface area contributed by atoms with Crippen LogP contribution in [-0.4, -0.2) is 70.9 Å². The van der Waals surface area contributed by atoms with Crippen molar-refractivity contribution < 1.29 is 19.1 Å². The summed E-state index contributed by atoms with van der Waals surface area (Å²) in [5.74, 6) is 1.25. The third kappa shape index (κ3) is 3.62. The largest absolute Gasteiger partial charge is 0.347 e. The number of hydrogen-bond acceptors (Lipinski definition) is 5. The van der Waals surface area contributed by atoms with Crippen LogP contribution in [0.1, 0.15) is 46.0 Å². The van der Waals surface area contributed by atoms with Crippen molar-refractivity contribution in [1.29, 1.82) is 0 Å². The van der Waals surface area contributed by atoms with Gasteiger partial charge in [0.15, 0.2) is 5.79 Å². The van der Waals surface area contributed by atoms with Crippen molar-refractivity contribution in [2.45, 2.75) is 63.2 Å². The van der Waals surface area contributed by atoms with Crippen LogP contribution in [0.5, 0.6) is 0 Å². The molecule has 0 aromatic heterocycles. The monoisotopic (exact) mass is 382 g/mol. The van der Waals surface area contributed by atoms with Crippen molar-refractivity contribution in [3.63, 3.8) is 0 Å². The molecule has 0 aromatic rings. The Kier molecular flexibility index (Phi) is 5.23. The molecule has 1 aliphatic carbocycles. The molecule has 6 nitrogen and oxygen atoms in total. The number of hydrogen-bond donors (Lipinski definition) is 0. The fourth-order valence-corrected chi connectivity index (χ4v) is 5.88. The maximum absolute atomic E-state index is 13.2. The predicted octanol–water partition coefficient (Wildman–Crippen LogP) is 2.08. The number of amides is 2. The van der Waals surface area contributed by atoms with Gasteiger partial charge in [-0.25, -0.2) is 0 Å². The van der Waals surface area contributed by atoms with Gasteiger partial charge < -0.3 is 19.3 Å². The molecule has 4 fully saturated rings. The van der Waals surface area contributed by atoms with E-state index in [0.717, 1.165) is 37.9 Å². The molecule has 0 radical (unpaired) electrons. The lowest BCUT2D eigenvalue weighted by Gasteiger charge is -2.40. The number of carbonyl (C=O) groups excluding carboxylic acids is 2. The Hall–Kier alpha value is -0.790. The van der Waals surface area contributed by atoms with Gasteiger partial charge in [-0.2, -0.15) is 0 Å². The molecule has 1 saturated carbocycles. The van der Waals surface area contributed by atoms with Gasteiger partial charge in [0.05, 0.1) is 18.6 Å². The van der Waals surface area contributed by atoms with E-state index < -0.39 is 5.79 Å². The Bertz CT molecular complexity index is 550. The second-order valence-corrected chi connectivity index (χ2v) is 9.60. The predicted molar refractivity (Wildman–Crippen MR) is 99.5 cm³/mol. The van der Waals surface area contributed by atoms with Gasteiger partial charge in [-0.15, -0.1) is 11.8 Å². The van der Waals surface area contributed by atoms with Crippen LogP contribution in [0.4, 0.5) is 0 Å². The molecule has 0 N–H and O–H groups in total. The fraction of sp³-hybridized carbons (Fsp3) is 0.895. The van der Waals surface area contributed by atoms with Crippen LogP contribution in [0, 0.1) is 11.8 Å². The number of rotatable bonds is 4. The summed E-state index contributed by atoms with van der Waals surface area (Å²) in [5.41, 5.74) is 0. The molecular formula is C19H30N2O4S. The smallest absolute Gasteiger partial charge is 0.246 e. The lowest BCUT2D eigenvalue weighted by molar-refractivity contribution is -0.188. The van der Waals surface area contributed by atoms with E-state index in [-0.39, 0.29) is 29.1 Å². The molecule has 3 heterocycles. The van der Waals surface area contributed by atoms with E-state index in [1.54, 1.807) is 11.8 Å². The second kappa shape index (κ2) is 7.32. The van der Waals surface area contributed by atoms with Gasteiger partial charge in [0.1, 0.15) is 6.04 Å². The first-order valence-corrected chi connectivity index (χ1v) is 11.0. The highest BCUT2D eigenvalue weighted by Crippen LogP contribution is 2.40. The van der Waals surface area contributed by atoms with Gasteiger partial charge in [-0.3, -0.25) is 9.59 Å². The average Bonchev–Trinajstić information content (AvgIpc) is 3.25. The Morgan fingerprint density at radius 3 is 2.35 bits per heavy atom. The zero-order valence-corrected chi connectivity index (χ0v) is 16.6. The second-order valence-electron chi connectivity index (χ2n) is 8.39. The maximum atomic E-state index is 13.2. The molecule has 4 rings (SSSR count). The number of piperidine rings is 1. The standard InChI is InChI=1S/C19H30N2O4S/c1-13(2)11-16-21(17(22)14-3-4-14)15(12-26-16)18(23)20-7-5-19(6-8-20)24-9-10-25-19/h13-16H,3-12H2,1-2H3. The summed E-state index contributed by atoms with van der Waals surface area (Å²) in [6.45, 7) is 6.96. The molecule has 7 heteroatoms. The first kappa shape index (κ1) is 18.6. The number of thioether (sulfide) groups is 1. The first-order chi connectivity index (χ1) is 12.5. The highest BCUT2D eigenvalue weighted by atomic mass is 32.2. The average molecular weight is 383 g/mol. The topological polar surface area (TPSA) is 59.1 Å². The van der Waals surface area contributed by atoms with E-state index in [2.05, 4.69) is 13.8 Å². The normalized spacial score (nSPS) is 31.2. The summed E-state index contributed by atoms with van der Waals surface area (Å²) in [4.78, 5) is 30.0. The molecule has 4 aliphatic rings. The molecular weight excluding hydrogens is 352 g/mol. The maximum Gasteiger partial charge on any atom is 0.246 e. The molecule has 1 spiro atoms. The van der Waals surface area contributed by atoms with Crippen molar-refractivity contribution in [1.82, 2.24) is 9.80 Å². The van der Waals surface area contributed by atoms with Crippen LogP contribution >= 0.6 is 11.8 Å². The Balaban J connectivity index is 1.43. The summed E-state index contributed by atoms with van der Waals surface area (Å²) < 4.78 is 11.5. The quantitative estimate of drug-likeness (QED) is 0.745. The van der Waals surface area contributed by atoms with E-state index in [9.17, 15) is 9.59 Å².